The molecule has 1 aliphatic carbocycles. The summed E-state index contributed by atoms with van der Waals surface area (Å²) in [7, 11) is 0. The lowest BCUT2D eigenvalue weighted by Gasteiger charge is -2.28. The van der Waals surface area contributed by atoms with Gasteiger partial charge in [0.2, 0.25) is 23.6 Å². The van der Waals surface area contributed by atoms with Crippen LogP contribution in [0.5, 0.6) is 33.8 Å². The van der Waals surface area contributed by atoms with Crippen LogP contribution in [-0.2, 0) is 112 Å². The van der Waals surface area contributed by atoms with E-state index in [4.69, 9.17) is 85.8 Å². The van der Waals surface area contributed by atoms with Crippen LogP contribution in [0.25, 0.3) is 54.2 Å². The van der Waals surface area contributed by atoms with Crippen LogP contribution in [0.1, 0.15) is 80.8 Å². The van der Waals surface area contributed by atoms with Gasteiger partial charge in [0.15, 0.2) is 75.1 Å². The fraction of sp³-hybridized carbons (Fsp3) is 0.472. The Kier molecular flexibility index (Phi) is 27.7. The molecular formula is C89H96F7N21O21S4. The van der Waals surface area contributed by atoms with Crippen molar-refractivity contribution >= 4 is 139 Å². The first kappa shape index (κ1) is 98.1. The van der Waals surface area contributed by atoms with Crippen molar-refractivity contribution in [3.63, 3.8) is 0 Å². The van der Waals surface area contributed by atoms with Gasteiger partial charge in [-0.3, -0.25) is 33.8 Å². The number of thiophene rings is 4. The van der Waals surface area contributed by atoms with Crippen LogP contribution >= 0.6 is 45.3 Å². The number of rotatable bonds is 22. The third-order valence-corrected chi connectivity index (χ3v) is 30.0. The highest BCUT2D eigenvalue weighted by Gasteiger charge is 2.48. The largest absolute Gasteiger partial charge is 0.491 e. The minimum absolute atomic E-state index is 0.00140. The molecule has 0 spiro atoms. The number of anilines is 6. The van der Waals surface area contributed by atoms with E-state index in [0.29, 0.717) is 158 Å². The highest BCUT2D eigenvalue weighted by atomic mass is 32.1. The molecule has 0 radical (unpaired) electrons. The highest BCUT2D eigenvalue weighted by molar-refractivity contribution is 7.20. The van der Waals surface area contributed by atoms with Gasteiger partial charge in [0.1, 0.15) is 139 Å². The lowest BCUT2D eigenvalue weighted by Crippen LogP contribution is -2.39. The zero-order valence-electron chi connectivity index (χ0n) is 76.9. The van der Waals surface area contributed by atoms with Crippen molar-refractivity contribution in [1.82, 2.24) is 47.8 Å². The van der Waals surface area contributed by atoms with Crippen molar-refractivity contribution in [2.45, 2.75) is 181 Å². The van der Waals surface area contributed by atoms with E-state index < -0.39 is 98.5 Å². The number of benzene rings is 1. The van der Waals surface area contributed by atoms with Gasteiger partial charge in [-0.1, -0.05) is 32.1 Å². The summed E-state index contributed by atoms with van der Waals surface area (Å²) in [6.07, 6.45) is 0.601. The van der Waals surface area contributed by atoms with Gasteiger partial charge in [0.25, 0.3) is 25.2 Å². The second-order valence-electron chi connectivity index (χ2n) is 35.2. The van der Waals surface area contributed by atoms with Crippen LogP contribution in [0.4, 0.5) is 88.8 Å². The second kappa shape index (κ2) is 40.1. The molecule has 0 bridgehead atoms. The molecule has 0 unspecified atom stereocenters. The van der Waals surface area contributed by atoms with Gasteiger partial charge in [-0.2, -0.15) is 0 Å². The smallest absolute Gasteiger partial charge is 0.416 e. The Hall–Kier alpha value is -14.1. The van der Waals surface area contributed by atoms with Crippen molar-refractivity contribution in [2.24, 2.45) is 46.4 Å². The number of aromatic nitrogens is 10. The SMILES string of the molecule is C[C@H](Cc1cc2c(c3c1CC3)-c1nc(N3C(=O)OC[C@H]3C)cn1CCO2)C(N)=O.C[C@H](Cc1cc2c(s1)-c1nc(N3C(=O)OC[C@H]3C)cn1CCO2)C(N)=O.C[C@H](Cc1sc2c(c1F)OCCn1cc(N3C(=O)OC[C@H]3C(F)F)nc1-2)C(N)=O.C[C@H](Oc1cc2c(s1)-c1nc(N3C(=O)OC[C@H]3C(F)F)cn1CCO2)C(N)=O.NC(=O)[C@@H]1CCCN1c1cc2c(s1)-c1nc(N3C(=O)OC[C@H]3C(F)F)cn1CCO2. The Balaban J connectivity index is 0.000000117. The second-order valence-corrected chi connectivity index (χ2v) is 39.5. The Morgan fingerprint density at radius 2 is 0.824 bits per heavy atom. The van der Waals surface area contributed by atoms with Gasteiger partial charge in [-0.05, 0) is 94.5 Å². The number of primary amides is 5. The number of cyclic esters (lactones) is 5. The minimum atomic E-state index is -2.80. The summed E-state index contributed by atoms with van der Waals surface area (Å²) < 4.78 is 163. The average Bonchev–Trinajstić information content (AvgIpc) is 1.41. The molecule has 10 amide bonds. The lowest BCUT2D eigenvalue weighted by molar-refractivity contribution is -0.124. The molecule has 1 aromatic carbocycles. The maximum absolute atomic E-state index is 14.9. The number of carbonyl (C=O) groups excluding carboxylic acids is 10. The van der Waals surface area contributed by atoms with Gasteiger partial charge < -0.3 is 109 Å². The van der Waals surface area contributed by atoms with E-state index in [1.54, 1.807) is 54.0 Å². The minimum Gasteiger partial charge on any atom is -0.491 e. The fourth-order valence-corrected chi connectivity index (χ4v) is 22.5. The first-order chi connectivity index (χ1) is 67.9. The van der Waals surface area contributed by atoms with Gasteiger partial charge in [-0.15, -0.1) is 34.0 Å². The zero-order valence-corrected chi connectivity index (χ0v) is 80.1. The third-order valence-electron chi connectivity index (χ3n) is 25.5. The number of carbonyl (C=O) groups is 10. The molecular weight excluding hydrogens is 1960 g/mol. The number of halogens is 7. The van der Waals surface area contributed by atoms with Crippen LogP contribution < -0.4 is 86.5 Å². The van der Waals surface area contributed by atoms with Crippen LogP contribution in [0.3, 0.4) is 0 Å². The quantitative estimate of drug-likeness (QED) is 0.0311. The first-order valence-electron chi connectivity index (χ1n) is 45.4. The third kappa shape index (κ3) is 19.2. The van der Waals surface area contributed by atoms with E-state index in [9.17, 15) is 78.7 Å². The molecule has 22 rings (SSSR count). The molecule has 10 atom stereocenters. The van der Waals surface area contributed by atoms with Crippen molar-refractivity contribution in [1.29, 1.82) is 0 Å². The van der Waals surface area contributed by atoms with Crippen molar-refractivity contribution in [3.05, 3.63) is 87.5 Å². The van der Waals surface area contributed by atoms with Crippen LogP contribution in [-0.4, -0.2) is 242 Å². The van der Waals surface area contributed by atoms with Gasteiger partial charge in [-0.25, -0.2) is 94.3 Å². The van der Waals surface area contributed by atoms with Crippen LogP contribution in [0.15, 0.2) is 55.2 Å². The summed E-state index contributed by atoms with van der Waals surface area (Å²) in [6, 6.07) is 2.82. The molecule has 756 valence electrons. The summed E-state index contributed by atoms with van der Waals surface area (Å²) in [5.74, 6) is 3.12. The molecule has 12 aliphatic rings. The molecule has 53 heteroatoms. The van der Waals surface area contributed by atoms with Crippen LogP contribution in [0.2, 0.25) is 0 Å². The molecule has 42 nitrogen and oxygen atoms in total. The Morgan fingerprint density at radius 1 is 0.430 bits per heavy atom. The van der Waals surface area contributed by atoms with E-state index in [1.165, 1.54) is 53.1 Å². The van der Waals surface area contributed by atoms with E-state index in [1.807, 2.05) is 67.8 Å². The van der Waals surface area contributed by atoms with E-state index in [0.717, 1.165) is 94.3 Å². The maximum atomic E-state index is 14.9. The topological polar surface area (TPSA) is 511 Å². The number of amides is 10. The molecule has 20 heterocycles. The number of hydrogen-bond donors (Lipinski definition) is 5. The predicted octanol–water partition coefficient (Wildman–Crippen LogP) is 10.4. The monoisotopic (exact) mass is 2060 g/mol. The normalized spacial score (nSPS) is 20.6. The highest BCUT2D eigenvalue weighted by Crippen LogP contribution is 2.52. The Labute approximate surface area is 818 Å². The standard InChI is InChI=1S/C21H24N4O4.C18H19F2N5O4S.C17H17F3N4O4S.C17H20N4O4S.C16H16F2N4O5S/c1-11(19(22)26)7-13-8-16-18(15-4-3-14(13)15)20-23-17(9-24(20)5-6-28-16)25-12(2)10-29-21(25)27;19-15(20)10-8-29-18(27)25(10)12-7-23-4-5-28-11-6-13(30-14(11)17(23)22-12)24-3-1-2-9(24)16(21)26;1-7(15(21)25)4-9-11(18)12-13(29-9)16-22-10(5-23(16)2-3-27-12)24-8(14(19)20)6-28-17(24)26;1-9(15(18)22)5-11-6-12-14(26-11)16-19-13(7-20(16)3-4-24-12)21-10(2)8-25-17(21)23;1-7(14(19)23)27-11-4-9-12(28-11)15-20-10(5-21(15)2-3-25-9)22-8(13(17)18)6-26-16(22)24/h8-9,11-12H,3-7,10H2,1-2H3,(H2,22,26);6-7,9-10,15H,1-5,8H2,(H2,21,26);5,7-8,14H,2-4,6H2,1H3,(H2,21,25);6-7,9-10H,3-5,8H2,1-2H3,(H2,18,22);4-5,7-8,13H,2-3,6H2,1H3,(H2,19,23)/t11-,12-;9-,10-;7-,8+;9-,10-;7-,8-/m10110/s1. The molecule has 0 saturated carbocycles. The number of hydrogen-bond acceptors (Lipinski definition) is 31. The Bertz CT molecular complexity index is 6610. The number of ether oxygens (including phenoxy) is 11. The predicted molar refractivity (Wildman–Crippen MR) is 497 cm³/mol. The molecule has 142 heavy (non-hydrogen) atoms. The summed E-state index contributed by atoms with van der Waals surface area (Å²) in [5.41, 5.74) is 31.5. The molecule has 11 aliphatic heterocycles. The molecule has 10 N–H and O–H groups in total. The van der Waals surface area contributed by atoms with Crippen molar-refractivity contribution in [2.75, 3.05) is 102 Å². The Morgan fingerprint density at radius 3 is 1.27 bits per heavy atom. The lowest BCUT2D eigenvalue weighted by atomic mass is 9.78. The van der Waals surface area contributed by atoms with Crippen molar-refractivity contribution in [3.8, 4) is 88.0 Å². The van der Waals surface area contributed by atoms with Crippen LogP contribution in [0, 0.1) is 23.6 Å². The van der Waals surface area contributed by atoms with E-state index >= 15 is 0 Å². The molecule has 9 aromatic heterocycles. The van der Waals surface area contributed by atoms with E-state index in [2.05, 4.69) is 24.5 Å². The molecule has 10 aromatic rings. The van der Waals surface area contributed by atoms with Gasteiger partial charge >= 0.3 is 30.5 Å². The summed E-state index contributed by atoms with van der Waals surface area (Å²) >= 11 is 5.18. The number of nitrogens with two attached hydrogens (primary N) is 5. The zero-order chi connectivity index (χ0) is 101. The van der Waals surface area contributed by atoms with Gasteiger partial charge in [0, 0.05) is 77.2 Å². The number of alkyl halides is 6. The summed E-state index contributed by atoms with van der Waals surface area (Å²) in [4.78, 5) is 152. The number of nitrogens with zero attached hydrogens (tertiary/aromatic N) is 16. The molecule has 6 fully saturated rings. The maximum Gasteiger partial charge on any atom is 0.416 e. The average molecular weight is 2060 g/mol. The summed E-state index contributed by atoms with van der Waals surface area (Å²) in [6.45, 7) is 15.2. The van der Waals surface area contributed by atoms with Gasteiger partial charge in [0.05, 0.1) is 55.4 Å². The summed E-state index contributed by atoms with van der Waals surface area (Å²) in [5, 5.41) is 1.24. The van der Waals surface area contributed by atoms with E-state index in [-0.39, 0.29) is 108 Å². The molecule has 6 saturated heterocycles. The fourth-order valence-electron chi connectivity index (χ4n) is 17.8. The van der Waals surface area contributed by atoms with Crippen molar-refractivity contribution < 1.29 is 131 Å². The number of fused-ring (bicyclic) bond motifs is 17. The first-order valence-corrected chi connectivity index (χ1v) is 48.7. The number of imidazole rings is 5.